The number of amides is 1. The Kier molecular flexibility index (Phi) is 3.90. The van der Waals surface area contributed by atoms with Crippen molar-refractivity contribution in [2.24, 2.45) is 0 Å². The van der Waals surface area contributed by atoms with E-state index in [4.69, 9.17) is 5.11 Å². The van der Waals surface area contributed by atoms with Crippen molar-refractivity contribution in [3.05, 3.63) is 11.6 Å². The molecule has 2 aliphatic rings. The van der Waals surface area contributed by atoms with Crippen LogP contribution >= 0.6 is 0 Å². The monoisotopic (exact) mass is 250 g/mol. The number of rotatable bonds is 0. The number of carbonyl (C=O) groups is 1. The summed E-state index contributed by atoms with van der Waals surface area (Å²) in [4.78, 5) is 12.1. The van der Waals surface area contributed by atoms with Crippen molar-refractivity contribution in [2.45, 2.75) is 24.9 Å². The van der Waals surface area contributed by atoms with Crippen LogP contribution in [0, 0.1) is 11.8 Å². The Labute approximate surface area is 106 Å². The number of piperidine rings is 1. The van der Waals surface area contributed by atoms with Crippen molar-refractivity contribution in [1.82, 2.24) is 10.2 Å². The molecule has 5 nitrogen and oxygen atoms in total. The maximum Gasteiger partial charge on any atom is 0.407 e. The van der Waals surface area contributed by atoms with Crippen LogP contribution in [0.3, 0.4) is 0 Å². The van der Waals surface area contributed by atoms with E-state index in [0.29, 0.717) is 25.9 Å². The summed E-state index contributed by atoms with van der Waals surface area (Å²) in [5, 5.41) is 22.3. The van der Waals surface area contributed by atoms with Gasteiger partial charge in [0.05, 0.1) is 0 Å². The first kappa shape index (κ1) is 12.9. The fourth-order valence-electron chi connectivity index (χ4n) is 2.13. The average molecular weight is 250 g/mol. The molecule has 0 unspecified atom stereocenters. The summed E-state index contributed by atoms with van der Waals surface area (Å²) in [6.07, 6.45) is 2.78. The molecular weight excluding hydrogens is 232 g/mol. The molecule has 0 bridgehead atoms. The molecular formula is C13H18N2O3. The van der Waals surface area contributed by atoms with Crippen LogP contribution < -0.4 is 5.32 Å². The number of nitrogens with one attached hydrogen (secondary N) is 1. The summed E-state index contributed by atoms with van der Waals surface area (Å²) in [5.74, 6) is 5.95. The standard InChI is InChI=1S/C13H18N2O3/c16-12(17)15-9-5-13(18,6-10-15)4-1-11-2-7-14-8-3-11/h2,14,18H,3,5-10H2,(H,16,17). The van der Waals surface area contributed by atoms with E-state index in [1.54, 1.807) is 0 Å². The highest BCUT2D eigenvalue weighted by molar-refractivity contribution is 5.65. The van der Waals surface area contributed by atoms with E-state index in [1.807, 2.05) is 6.08 Å². The van der Waals surface area contributed by atoms with E-state index in [9.17, 15) is 9.90 Å². The van der Waals surface area contributed by atoms with Crippen molar-refractivity contribution < 1.29 is 15.0 Å². The zero-order valence-electron chi connectivity index (χ0n) is 10.3. The molecule has 2 heterocycles. The van der Waals surface area contributed by atoms with Gasteiger partial charge in [0, 0.05) is 44.6 Å². The number of likely N-dealkylation sites (tertiary alicyclic amines) is 1. The molecule has 0 aliphatic carbocycles. The van der Waals surface area contributed by atoms with Gasteiger partial charge in [-0.25, -0.2) is 4.79 Å². The first-order valence-electron chi connectivity index (χ1n) is 6.22. The lowest BCUT2D eigenvalue weighted by molar-refractivity contribution is 0.0296. The summed E-state index contributed by atoms with van der Waals surface area (Å²) in [5.41, 5.74) is 0.0281. The lowest BCUT2D eigenvalue weighted by atomic mass is 9.91. The highest BCUT2D eigenvalue weighted by atomic mass is 16.4. The van der Waals surface area contributed by atoms with E-state index >= 15 is 0 Å². The minimum atomic E-state index is -1.03. The third-order valence-electron chi connectivity index (χ3n) is 3.38. The van der Waals surface area contributed by atoms with Gasteiger partial charge < -0.3 is 20.4 Å². The number of hydrogen-bond acceptors (Lipinski definition) is 3. The molecule has 0 aromatic carbocycles. The molecule has 1 amide bonds. The van der Waals surface area contributed by atoms with Crippen molar-refractivity contribution in [3.63, 3.8) is 0 Å². The van der Waals surface area contributed by atoms with Gasteiger partial charge in [-0.2, -0.15) is 0 Å². The van der Waals surface area contributed by atoms with Gasteiger partial charge >= 0.3 is 6.09 Å². The van der Waals surface area contributed by atoms with Crippen LogP contribution in [0.15, 0.2) is 11.6 Å². The lowest BCUT2D eigenvalue weighted by Gasteiger charge is -2.33. The fraction of sp³-hybridized carbons (Fsp3) is 0.615. The molecule has 5 heteroatoms. The van der Waals surface area contributed by atoms with Gasteiger partial charge in [-0.05, 0) is 6.42 Å². The number of nitrogens with zero attached hydrogens (tertiary/aromatic N) is 1. The van der Waals surface area contributed by atoms with Crippen molar-refractivity contribution in [1.29, 1.82) is 0 Å². The predicted octanol–water partition coefficient (Wildman–Crippen LogP) is 0.414. The normalized spacial score (nSPS) is 22.7. The molecule has 2 aliphatic heterocycles. The van der Waals surface area contributed by atoms with Crippen LogP contribution in [0.25, 0.3) is 0 Å². The van der Waals surface area contributed by atoms with E-state index in [-0.39, 0.29) is 0 Å². The SMILES string of the molecule is O=C(O)N1CCC(O)(C#CC2=CCNCC2)CC1. The smallest absolute Gasteiger partial charge is 0.407 e. The second-order valence-corrected chi connectivity index (χ2v) is 4.73. The Morgan fingerprint density at radius 1 is 1.44 bits per heavy atom. The van der Waals surface area contributed by atoms with Gasteiger partial charge in [0.2, 0.25) is 0 Å². The van der Waals surface area contributed by atoms with Gasteiger partial charge in [0.15, 0.2) is 0 Å². The quantitative estimate of drug-likeness (QED) is 0.545. The third-order valence-corrected chi connectivity index (χ3v) is 3.38. The third kappa shape index (κ3) is 3.25. The van der Waals surface area contributed by atoms with Gasteiger partial charge in [0.25, 0.3) is 0 Å². The first-order chi connectivity index (χ1) is 8.59. The minimum Gasteiger partial charge on any atom is -0.465 e. The topological polar surface area (TPSA) is 72.8 Å². The van der Waals surface area contributed by atoms with Gasteiger partial charge in [-0.3, -0.25) is 0 Å². The summed E-state index contributed by atoms with van der Waals surface area (Å²) < 4.78 is 0. The molecule has 0 aromatic heterocycles. The second kappa shape index (κ2) is 5.42. The molecule has 18 heavy (non-hydrogen) atoms. The van der Waals surface area contributed by atoms with Crippen LogP contribution in [-0.4, -0.2) is 53.0 Å². The van der Waals surface area contributed by atoms with E-state index in [1.165, 1.54) is 4.90 Å². The van der Waals surface area contributed by atoms with Crippen molar-refractivity contribution >= 4 is 6.09 Å². The largest absolute Gasteiger partial charge is 0.465 e. The Bertz CT molecular complexity index is 412. The molecule has 0 atom stereocenters. The predicted molar refractivity (Wildman–Crippen MR) is 67.1 cm³/mol. The Morgan fingerprint density at radius 3 is 2.72 bits per heavy atom. The molecule has 0 spiro atoms. The molecule has 3 N–H and O–H groups in total. The minimum absolute atomic E-state index is 0.348. The zero-order valence-corrected chi connectivity index (χ0v) is 10.3. The average Bonchev–Trinajstić information content (AvgIpc) is 2.38. The summed E-state index contributed by atoms with van der Waals surface area (Å²) in [6, 6.07) is 0. The van der Waals surface area contributed by atoms with E-state index in [2.05, 4.69) is 17.2 Å². The lowest BCUT2D eigenvalue weighted by Crippen LogP contribution is -2.45. The van der Waals surface area contributed by atoms with E-state index in [0.717, 1.165) is 25.1 Å². The maximum absolute atomic E-state index is 10.8. The molecule has 1 fully saturated rings. The maximum atomic E-state index is 10.8. The van der Waals surface area contributed by atoms with E-state index < -0.39 is 11.7 Å². The zero-order chi connectivity index (χ0) is 13.0. The first-order valence-corrected chi connectivity index (χ1v) is 6.22. The van der Waals surface area contributed by atoms with Crippen LogP contribution in [0.1, 0.15) is 19.3 Å². The highest BCUT2D eigenvalue weighted by Gasteiger charge is 2.32. The Hall–Kier alpha value is -1.51. The van der Waals surface area contributed by atoms with Gasteiger partial charge in [-0.1, -0.05) is 17.9 Å². The van der Waals surface area contributed by atoms with Crippen molar-refractivity contribution in [2.75, 3.05) is 26.2 Å². The van der Waals surface area contributed by atoms with Gasteiger partial charge in [0.1, 0.15) is 5.60 Å². The Balaban J connectivity index is 1.95. The fourth-order valence-corrected chi connectivity index (χ4v) is 2.13. The summed E-state index contributed by atoms with van der Waals surface area (Å²) >= 11 is 0. The molecule has 0 saturated carbocycles. The summed E-state index contributed by atoms with van der Waals surface area (Å²) in [7, 11) is 0. The molecule has 2 rings (SSSR count). The van der Waals surface area contributed by atoms with Crippen molar-refractivity contribution in [3.8, 4) is 11.8 Å². The van der Waals surface area contributed by atoms with Crippen LogP contribution in [0.5, 0.6) is 0 Å². The summed E-state index contributed by atoms with van der Waals surface area (Å²) in [6.45, 7) is 2.45. The number of hydrogen-bond donors (Lipinski definition) is 3. The second-order valence-electron chi connectivity index (χ2n) is 4.73. The van der Waals surface area contributed by atoms with Crippen LogP contribution in [0.2, 0.25) is 0 Å². The van der Waals surface area contributed by atoms with Gasteiger partial charge in [-0.15, -0.1) is 0 Å². The highest BCUT2D eigenvalue weighted by Crippen LogP contribution is 2.21. The molecule has 98 valence electrons. The molecule has 0 radical (unpaired) electrons. The molecule has 0 aromatic rings. The Morgan fingerprint density at radius 2 is 2.17 bits per heavy atom. The molecule has 1 saturated heterocycles. The van der Waals surface area contributed by atoms with Crippen LogP contribution in [-0.2, 0) is 0 Å². The number of carboxylic acid groups (broad SMARTS) is 1. The number of aliphatic hydroxyl groups is 1. The van der Waals surface area contributed by atoms with Crippen LogP contribution in [0.4, 0.5) is 4.79 Å².